The number of carbonyl (C=O) groups is 1. The molecule has 1 aliphatic heterocycles. The fraction of sp³-hybridized carbons (Fsp3) is 0.167. The van der Waals surface area contributed by atoms with Crippen molar-refractivity contribution in [2.75, 3.05) is 16.8 Å². The van der Waals surface area contributed by atoms with E-state index in [1.165, 1.54) is 0 Å². The van der Waals surface area contributed by atoms with Crippen LogP contribution in [0.25, 0.3) is 10.9 Å². The van der Waals surface area contributed by atoms with Gasteiger partial charge >= 0.3 is 0 Å². The summed E-state index contributed by atoms with van der Waals surface area (Å²) in [5.74, 6) is 0.954. The topological polar surface area (TPSA) is 58.1 Å². The second kappa shape index (κ2) is 5.68. The van der Waals surface area contributed by atoms with Gasteiger partial charge in [-0.05, 0) is 36.8 Å². The molecule has 1 N–H and O–H groups in total. The van der Waals surface area contributed by atoms with Gasteiger partial charge in [0.25, 0.3) is 0 Å². The van der Waals surface area contributed by atoms with Gasteiger partial charge in [0.2, 0.25) is 5.91 Å². The van der Waals surface area contributed by atoms with Gasteiger partial charge in [0.15, 0.2) is 0 Å². The minimum Gasteiger partial charge on any atom is -0.340 e. The number of fused-ring (bicyclic) bond motifs is 1. The second-order valence-corrected chi connectivity index (χ2v) is 5.56. The molecule has 0 unspecified atom stereocenters. The maximum Gasteiger partial charge on any atom is 0.227 e. The molecular weight excluding hydrogens is 288 g/mol. The van der Waals surface area contributed by atoms with Gasteiger partial charge in [0.05, 0.1) is 5.52 Å². The maximum absolute atomic E-state index is 11.9. The van der Waals surface area contributed by atoms with E-state index in [9.17, 15) is 4.79 Å². The highest BCUT2D eigenvalue weighted by atomic mass is 16.2. The molecule has 2 aromatic carbocycles. The summed E-state index contributed by atoms with van der Waals surface area (Å²) in [4.78, 5) is 22.4. The van der Waals surface area contributed by atoms with Gasteiger partial charge in [-0.1, -0.05) is 18.2 Å². The molecule has 1 aromatic heterocycles. The number of hydrogen-bond acceptors (Lipinski definition) is 4. The van der Waals surface area contributed by atoms with Crippen LogP contribution in [0.2, 0.25) is 0 Å². The van der Waals surface area contributed by atoms with Gasteiger partial charge in [-0.3, -0.25) is 4.79 Å². The molecule has 1 saturated heterocycles. The summed E-state index contributed by atoms with van der Waals surface area (Å²) in [6.45, 7) is 0.790. The quantitative estimate of drug-likeness (QED) is 0.804. The molecule has 0 atom stereocenters. The van der Waals surface area contributed by atoms with Crippen LogP contribution in [0.5, 0.6) is 0 Å². The number of nitrogens with zero attached hydrogens (tertiary/aromatic N) is 3. The lowest BCUT2D eigenvalue weighted by molar-refractivity contribution is -0.117. The van der Waals surface area contributed by atoms with E-state index in [2.05, 4.69) is 15.3 Å². The number of nitrogens with one attached hydrogen (secondary N) is 1. The number of carbonyl (C=O) groups excluding carboxylic acids is 1. The summed E-state index contributed by atoms with van der Waals surface area (Å²) in [6.07, 6.45) is 3.11. The third-order valence-corrected chi connectivity index (χ3v) is 4.04. The van der Waals surface area contributed by atoms with E-state index < -0.39 is 0 Å². The zero-order chi connectivity index (χ0) is 15.6. The van der Waals surface area contributed by atoms with Crippen molar-refractivity contribution in [3.8, 4) is 0 Å². The number of hydrogen-bond donors (Lipinski definition) is 1. The molecule has 23 heavy (non-hydrogen) atoms. The van der Waals surface area contributed by atoms with Crippen molar-refractivity contribution in [1.82, 2.24) is 9.97 Å². The van der Waals surface area contributed by atoms with E-state index in [0.717, 1.165) is 41.1 Å². The zero-order valence-corrected chi connectivity index (χ0v) is 12.6. The number of para-hydroxylation sites is 1. The summed E-state index contributed by atoms with van der Waals surface area (Å²) in [6, 6.07) is 15.8. The Morgan fingerprint density at radius 3 is 2.83 bits per heavy atom. The van der Waals surface area contributed by atoms with Gasteiger partial charge in [-0.15, -0.1) is 0 Å². The summed E-state index contributed by atoms with van der Waals surface area (Å²) in [5.41, 5.74) is 2.73. The highest BCUT2D eigenvalue weighted by molar-refractivity contribution is 5.96. The molecule has 0 radical (unpaired) electrons. The lowest BCUT2D eigenvalue weighted by atomic mass is 10.2. The molecule has 0 spiro atoms. The highest BCUT2D eigenvalue weighted by Crippen LogP contribution is 2.27. The third kappa shape index (κ3) is 2.61. The van der Waals surface area contributed by atoms with Crippen LogP contribution in [0.3, 0.4) is 0 Å². The number of benzene rings is 2. The predicted molar refractivity (Wildman–Crippen MR) is 90.8 cm³/mol. The van der Waals surface area contributed by atoms with E-state index in [1.54, 1.807) is 6.33 Å². The Morgan fingerprint density at radius 2 is 1.96 bits per heavy atom. The summed E-state index contributed by atoms with van der Waals surface area (Å²) in [7, 11) is 0. The van der Waals surface area contributed by atoms with E-state index >= 15 is 0 Å². The first kappa shape index (κ1) is 13.7. The molecule has 1 aliphatic rings. The Labute approximate surface area is 134 Å². The van der Waals surface area contributed by atoms with Crippen molar-refractivity contribution < 1.29 is 4.79 Å². The minimum absolute atomic E-state index is 0.189. The van der Waals surface area contributed by atoms with Crippen molar-refractivity contribution in [3.63, 3.8) is 0 Å². The van der Waals surface area contributed by atoms with Crippen LogP contribution in [0, 0.1) is 0 Å². The van der Waals surface area contributed by atoms with E-state index in [0.29, 0.717) is 6.42 Å². The molecule has 2 heterocycles. The fourth-order valence-electron chi connectivity index (χ4n) is 2.91. The zero-order valence-electron chi connectivity index (χ0n) is 12.6. The largest absolute Gasteiger partial charge is 0.340 e. The molecule has 1 amide bonds. The van der Waals surface area contributed by atoms with Crippen LogP contribution < -0.4 is 10.2 Å². The molecular formula is C18H16N4O. The van der Waals surface area contributed by atoms with E-state index in [4.69, 9.17) is 0 Å². The average Bonchev–Trinajstić information content (AvgIpc) is 3.02. The molecule has 0 aliphatic carbocycles. The van der Waals surface area contributed by atoms with Crippen molar-refractivity contribution in [2.45, 2.75) is 12.8 Å². The molecule has 5 nitrogen and oxygen atoms in total. The molecule has 0 bridgehead atoms. The first-order valence-electron chi connectivity index (χ1n) is 7.68. The smallest absolute Gasteiger partial charge is 0.227 e. The Kier molecular flexibility index (Phi) is 3.38. The highest BCUT2D eigenvalue weighted by Gasteiger charge is 2.21. The molecule has 114 valence electrons. The number of aromatic nitrogens is 2. The third-order valence-electron chi connectivity index (χ3n) is 4.04. The second-order valence-electron chi connectivity index (χ2n) is 5.56. The van der Waals surface area contributed by atoms with Crippen LogP contribution in [0.15, 0.2) is 54.9 Å². The standard InChI is InChI=1S/C18H16N4O/c23-17-9-4-10-22(17)14-6-3-5-13(11-14)21-18-15-7-1-2-8-16(15)19-12-20-18/h1-3,5-8,11-12H,4,9-10H2,(H,19,20,21). The van der Waals surface area contributed by atoms with Gasteiger partial charge in [0, 0.05) is 29.7 Å². The molecule has 4 rings (SSSR count). The summed E-state index contributed by atoms with van der Waals surface area (Å²) < 4.78 is 0. The van der Waals surface area contributed by atoms with Crippen molar-refractivity contribution in [1.29, 1.82) is 0 Å². The maximum atomic E-state index is 11.9. The fourth-order valence-corrected chi connectivity index (χ4v) is 2.91. The lowest BCUT2D eigenvalue weighted by Gasteiger charge is -2.17. The molecule has 1 fully saturated rings. The van der Waals surface area contributed by atoms with Crippen LogP contribution in [0.4, 0.5) is 17.2 Å². The van der Waals surface area contributed by atoms with Gasteiger partial charge in [-0.2, -0.15) is 0 Å². The number of rotatable bonds is 3. The summed E-state index contributed by atoms with van der Waals surface area (Å²) >= 11 is 0. The van der Waals surface area contributed by atoms with Crippen LogP contribution in [-0.2, 0) is 4.79 Å². The number of anilines is 3. The Morgan fingerprint density at radius 1 is 1.04 bits per heavy atom. The predicted octanol–water partition coefficient (Wildman–Crippen LogP) is 3.50. The number of amides is 1. The van der Waals surface area contributed by atoms with Crippen molar-refractivity contribution >= 4 is 34.0 Å². The first-order chi connectivity index (χ1) is 11.3. The Hall–Kier alpha value is -2.95. The van der Waals surface area contributed by atoms with Crippen molar-refractivity contribution in [2.24, 2.45) is 0 Å². The van der Waals surface area contributed by atoms with E-state index in [1.807, 2.05) is 53.4 Å². The Balaban J connectivity index is 1.67. The first-order valence-corrected chi connectivity index (χ1v) is 7.68. The van der Waals surface area contributed by atoms with Gasteiger partial charge < -0.3 is 10.2 Å². The average molecular weight is 304 g/mol. The normalized spacial score (nSPS) is 14.4. The van der Waals surface area contributed by atoms with Crippen molar-refractivity contribution in [3.05, 3.63) is 54.9 Å². The van der Waals surface area contributed by atoms with Crippen LogP contribution in [0.1, 0.15) is 12.8 Å². The molecule has 3 aromatic rings. The molecule has 0 saturated carbocycles. The van der Waals surface area contributed by atoms with E-state index in [-0.39, 0.29) is 5.91 Å². The van der Waals surface area contributed by atoms with Gasteiger partial charge in [-0.25, -0.2) is 9.97 Å². The summed E-state index contributed by atoms with van der Waals surface area (Å²) in [5, 5.41) is 4.31. The SMILES string of the molecule is O=C1CCCN1c1cccc(Nc2ncnc3ccccc23)c1. The van der Waals surface area contributed by atoms with Gasteiger partial charge in [0.1, 0.15) is 12.1 Å². The lowest BCUT2D eigenvalue weighted by Crippen LogP contribution is -2.23. The van der Waals surface area contributed by atoms with Crippen LogP contribution >= 0.6 is 0 Å². The monoisotopic (exact) mass is 304 g/mol. The minimum atomic E-state index is 0.189. The Bertz CT molecular complexity index is 872. The molecule has 5 heteroatoms. The van der Waals surface area contributed by atoms with Crippen LogP contribution in [-0.4, -0.2) is 22.4 Å².